The van der Waals surface area contributed by atoms with Crippen LogP contribution in [0, 0.1) is 19.8 Å². The molecule has 0 saturated carbocycles. The van der Waals surface area contributed by atoms with Gasteiger partial charge in [0.1, 0.15) is 5.82 Å². The van der Waals surface area contributed by atoms with Gasteiger partial charge in [0.05, 0.1) is 11.6 Å². The number of nitrogens with one attached hydrogen (secondary N) is 1. The van der Waals surface area contributed by atoms with E-state index in [1.165, 1.54) is 0 Å². The van der Waals surface area contributed by atoms with Gasteiger partial charge in [-0.1, -0.05) is 6.07 Å². The number of amides is 1. The second kappa shape index (κ2) is 7.75. The van der Waals surface area contributed by atoms with E-state index in [0.29, 0.717) is 18.2 Å². The van der Waals surface area contributed by atoms with E-state index < -0.39 is 0 Å². The monoisotopic (exact) mass is 377 g/mol. The van der Waals surface area contributed by atoms with Crippen LogP contribution in [0.2, 0.25) is 0 Å². The highest BCUT2D eigenvalue weighted by Crippen LogP contribution is 2.23. The molecule has 1 atom stereocenters. The van der Waals surface area contributed by atoms with Crippen LogP contribution in [0.15, 0.2) is 42.6 Å². The Bertz CT molecular complexity index is 952. The molecule has 1 fully saturated rings. The highest BCUT2D eigenvalue weighted by molar-refractivity contribution is 5.92. The number of piperidine rings is 1. The molecule has 1 N–H and O–H groups in total. The summed E-state index contributed by atoms with van der Waals surface area (Å²) in [6, 6.07) is 11.3. The van der Waals surface area contributed by atoms with E-state index in [2.05, 4.69) is 30.5 Å². The molecule has 0 spiro atoms. The molecule has 1 aliphatic rings. The second-order valence-electron chi connectivity index (χ2n) is 7.08. The van der Waals surface area contributed by atoms with Crippen molar-refractivity contribution < 1.29 is 4.79 Å². The average molecular weight is 377 g/mol. The number of aryl methyl sites for hydroxylation is 2. The van der Waals surface area contributed by atoms with Crippen molar-refractivity contribution in [1.29, 1.82) is 0 Å². The van der Waals surface area contributed by atoms with Gasteiger partial charge in [0.25, 0.3) is 0 Å². The predicted octanol–water partition coefficient (Wildman–Crippen LogP) is 2.53. The van der Waals surface area contributed by atoms with Gasteiger partial charge in [-0.25, -0.2) is 9.67 Å². The molecule has 1 unspecified atom stereocenters. The number of pyridine rings is 1. The standard InChI is InChI=1S/C20H23N7O/c1-14-12-15(2)27(25-14)19-9-8-18(23-24-19)26-11-5-6-16(13-26)20(28)22-17-7-3-4-10-21-17/h3-4,7-10,12,16H,5-6,11,13H2,1-2H3,(H,21,22,28). The molecule has 4 rings (SSSR count). The minimum Gasteiger partial charge on any atom is -0.354 e. The van der Waals surface area contributed by atoms with Crippen LogP contribution >= 0.6 is 0 Å². The Morgan fingerprint density at radius 2 is 1.96 bits per heavy atom. The van der Waals surface area contributed by atoms with Crippen molar-refractivity contribution in [2.45, 2.75) is 26.7 Å². The summed E-state index contributed by atoms with van der Waals surface area (Å²) >= 11 is 0. The molecule has 1 saturated heterocycles. The lowest BCUT2D eigenvalue weighted by Gasteiger charge is -2.32. The van der Waals surface area contributed by atoms with Gasteiger partial charge in [-0.2, -0.15) is 5.10 Å². The smallest absolute Gasteiger partial charge is 0.230 e. The maximum atomic E-state index is 12.6. The first-order valence-electron chi connectivity index (χ1n) is 9.44. The van der Waals surface area contributed by atoms with Crippen LogP contribution in [-0.4, -0.2) is 44.0 Å². The minimum absolute atomic E-state index is 0.00406. The molecule has 28 heavy (non-hydrogen) atoms. The molecule has 0 aliphatic carbocycles. The lowest BCUT2D eigenvalue weighted by Crippen LogP contribution is -2.41. The molecule has 144 valence electrons. The Kier molecular flexibility index (Phi) is 5.01. The van der Waals surface area contributed by atoms with Gasteiger partial charge in [0.2, 0.25) is 5.91 Å². The van der Waals surface area contributed by atoms with E-state index in [1.54, 1.807) is 16.9 Å². The quantitative estimate of drug-likeness (QED) is 0.752. The Hall–Kier alpha value is -3.29. The summed E-state index contributed by atoms with van der Waals surface area (Å²) in [7, 11) is 0. The highest BCUT2D eigenvalue weighted by Gasteiger charge is 2.27. The number of nitrogens with zero attached hydrogens (tertiary/aromatic N) is 6. The van der Waals surface area contributed by atoms with E-state index in [1.807, 2.05) is 44.2 Å². The zero-order chi connectivity index (χ0) is 19.5. The number of anilines is 2. The van der Waals surface area contributed by atoms with Crippen LogP contribution in [0.25, 0.3) is 5.82 Å². The average Bonchev–Trinajstić information content (AvgIpc) is 3.07. The Morgan fingerprint density at radius 3 is 2.64 bits per heavy atom. The first-order valence-corrected chi connectivity index (χ1v) is 9.44. The van der Waals surface area contributed by atoms with Crippen LogP contribution in [0.4, 0.5) is 11.6 Å². The Labute approximate surface area is 163 Å². The molecular formula is C20H23N7O. The van der Waals surface area contributed by atoms with Crippen LogP contribution in [0.5, 0.6) is 0 Å². The van der Waals surface area contributed by atoms with Crippen LogP contribution in [0.1, 0.15) is 24.2 Å². The third-order valence-corrected chi connectivity index (χ3v) is 4.90. The van der Waals surface area contributed by atoms with Crippen molar-refractivity contribution in [3.05, 3.63) is 54.0 Å². The molecule has 8 nitrogen and oxygen atoms in total. The summed E-state index contributed by atoms with van der Waals surface area (Å²) in [6.07, 6.45) is 3.45. The largest absolute Gasteiger partial charge is 0.354 e. The summed E-state index contributed by atoms with van der Waals surface area (Å²) < 4.78 is 1.78. The summed E-state index contributed by atoms with van der Waals surface area (Å²) in [6.45, 7) is 5.42. The number of hydrogen-bond acceptors (Lipinski definition) is 6. The Balaban J connectivity index is 1.44. The lowest BCUT2D eigenvalue weighted by atomic mass is 9.97. The summed E-state index contributed by atoms with van der Waals surface area (Å²) in [4.78, 5) is 18.9. The fraction of sp³-hybridized carbons (Fsp3) is 0.350. The highest BCUT2D eigenvalue weighted by atomic mass is 16.2. The van der Waals surface area contributed by atoms with Crippen LogP contribution in [-0.2, 0) is 4.79 Å². The van der Waals surface area contributed by atoms with Crippen LogP contribution in [0.3, 0.4) is 0 Å². The van der Waals surface area contributed by atoms with Crippen molar-refractivity contribution in [2.75, 3.05) is 23.3 Å². The van der Waals surface area contributed by atoms with Gasteiger partial charge in [-0.3, -0.25) is 4.79 Å². The fourth-order valence-electron chi connectivity index (χ4n) is 3.52. The molecule has 3 aromatic heterocycles. The van der Waals surface area contributed by atoms with Gasteiger partial charge in [-0.15, -0.1) is 10.2 Å². The van der Waals surface area contributed by atoms with Gasteiger partial charge < -0.3 is 10.2 Å². The number of carbonyl (C=O) groups is 1. The van der Waals surface area contributed by atoms with E-state index in [9.17, 15) is 4.79 Å². The van der Waals surface area contributed by atoms with Gasteiger partial charge >= 0.3 is 0 Å². The third-order valence-electron chi connectivity index (χ3n) is 4.90. The first kappa shape index (κ1) is 18.1. The Morgan fingerprint density at radius 1 is 1.14 bits per heavy atom. The van der Waals surface area contributed by atoms with Crippen molar-refractivity contribution in [2.24, 2.45) is 5.92 Å². The normalized spacial score (nSPS) is 16.8. The third kappa shape index (κ3) is 3.85. The van der Waals surface area contributed by atoms with E-state index in [-0.39, 0.29) is 11.8 Å². The van der Waals surface area contributed by atoms with E-state index in [0.717, 1.165) is 36.6 Å². The number of aromatic nitrogens is 5. The molecule has 0 aromatic carbocycles. The number of carbonyl (C=O) groups excluding carboxylic acids is 1. The summed E-state index contributed by atoms with van der Waals surface area (Å²) in [5.74, 6) is 1.94. The SMILES string of the molecule is Cc1cc(C)n(-c2ccc(N3CCCC(C(=O)Nc4ccccn4)C3)nn2)n1. The van der Waals surface area contributed by atoms with Gasteiger partial charge in [0, 0.05) is 25.0 Å². The zero-order valence-corrected chi connectivity index (χ0v) is 16.0. The topological polar surface area (TPSA) is 88.8 Å². The molecule has 1 aliphatic heterocycles. The summed E-state index contributed by atoms with van der Waals surface area (Å²) in [5.41, 5.74) is 1.96. The molecule has 0 bridgehead atoms. The van der Waals surface area contributed by atoms with Crippen molar-refractivity contribution >= 4 is 17.5 Å². The first-order chi connectivity index (χ1) is 13.6. The van der Waals surface area contributed by atoms with E-state index >= 15 is 0 Å². The molecule has 1 amide bonds. The maximum absolute atomic E-state index is 12.6. The number of hydrogen-bond donors (Lipinski definition) is 1. The fourth-order valence-corrected chi connectivity index (χ4v) is 3.52. The predicted molar refractivity (Wildman–Crippen MR) is 106 cm³/mol. The zero-order valence-electron chi connectivity index (χ0n) is 16.0. The summed E-state index contributed by atoms with van der Waals surface area (Å²) in [5, 5.41) is 16.1. The number of rotatable bonds is 4. The molecule has 8 heteroatoms. The second-order valence-corrected chi connectivity index (χ2v) is 7.08. The van der Waals surface area contributed by atoms with Gasteiger partial charge in [-0.05, 0) is 57.0 Å². The van der Waals surface area contributed by atoms with Crippen molar-refractivity contribution in [3.8, 4) is 5.82 Å². The van der Waals surface area contributed by atoms with Gasteiger partial charge in [0.15, 0.2) is 11.6 Å². The molecule has 4 heterocycles. The maximum Gasteiger partial charge on any atom is 0.230 e. The van der Waals surface area contributed by atoms with Crippen molar-refractivity contribution in [1.82, 2.24) is 25.0 Å². The van der Waals surface area contributed by atoms with Crippen molar-refractivity contribution in [3.63, 3.8) is 0 Å². The minimum atomic E-state index is -0.103. The van der Waals surface area contributed by atoms with Crippen LogP contribution < -0.4 is 10.2 Å². The molecule has 3 aromatic rings. The molecular weight excluding hydrogens is 354 g/mol. The molecule has 0 radical (unpaired) electrons. The van der Waals surface area contributed by atoms with E-state index in [4.69, 9.17) is 0 Å². The lowest BCUT2D eigenvalue weighted by molar-refractivity contribution is -0.120.